The first kappa shape index (κ1) is 13.1. The standard InChI is InChI=1S/C10H13IN2O3/c1-6(2)3-8(10(15)16)13-9(14)4-7(11)5-12-13/h4-6,8H,3H2,1-2H3,(H,15,16). The average molecular weight is 336 g/mol. The van der Waals surface area contributed by atoms with E-state index in [1.54, 1.807) is 0 Å². The van der Waals surface area contributed by atoms with Gasteiger partial charge in [-0.2, -0.15) is 5.10 Å². The van der Waals surface area contributed by atoms with Crippen molar-refractivity contribution in [2.24, 2.45) is 5.92 Å². The van der Waals surface area contributed by atoms with Gasteiger partial charge in [-0.05, 0) is 34.9 Å². The molecule has 0 aliphatic carbocycles. The van der Waals surface area contributed by atoms with Gasteiger partial charge in [-0.15, -0.1) is 0 Å². The van der Waals surface area contributed by atoms with Crippen LogP contribution in [0, 0.1) is 9.49 Å². The van der Waals surface area contributed by atoms with Gasteiger partial charge in [0.15, 0.2) is 6.04 Å². The molecule has 0 fully saturated rings. The molecule has 1 aromatic heterocycles. The zero-order valence-corrected chi connectivity index (χ0v) is 11.2. The van der Waals surface area contributed by atoms with Crippen molar-refractivity contribution in [2.75, 3.05) is 0 Å². The Labute approximate surface area is 107 Å². The second kappa shape index (κ2) is 5.42. The van der Waals surface area contributed by atoms with Gasteiger partial charge < -0.3 is 5.11 Å². The van der Waals surface area contributed by atoms with Crippen LogP contribution >= 0.6 is 22.6 Å². The SMILES string of the molecule is CC(C)CC(C(=O)O)n1ncc(I)cc1=O. The van der Waals surface area contributed by atoms with Crippen LogP contribution in [-0.2, 0) is 4.79 Å². The number of hydrogen-bond donors (Lipinski definition) is 1. The molecule has 0 radical (unpaired) electrons. The van der Waals surface area contributed by atoms with E-state index in [0.29, 0.717) is 9.99 Å². The number of aliphatic carboxylic acids is 1. The molecule has 0 aliphatic heterocycles. The van der Waals surface area contributed by atoms with E-state index in [1.165, 1.54) is 12.3 Å². The van der Waals surface area contributed by atoms with Gasteiger partial charge in [0.25, 0.3) is 5.56 Å². The van der Waals surface area contributed by atoms with Crippen molar-refractivity contribution in [1.29, 1.82) is 0 Å². The first-order valence-corrected chi connectivity index (χ1v) is 5.97. The highest BCUT2D eigenvalue weighted by Crippen LogP contribution is 2.15. The first-order valence-electron chi connectivity index (χ1n) is 4.89. The topological polar surface area (TPSA) is 72.2 Å². The minimum absolute atomic E-state index is 0.189. The fourth-order valence-electron chi connectivity index (χ4n) is 1.38. The Morgan fingerprint density at radius 2 is 2.25 bits per heavy atom. The minimum atomic E-state index is -1.02. The summed E-state index contributed by atoms with van der Waals surface area (Å²) in [4.78, 5) is 22.7. The molecule has 88 valence electrons. The largest absolute Gasteiger partial charge is 0.480 e. The molecule has 1 heterocycles. The van der Waals surface area contributed by atoms with E-state index in [9.17, 15) is 9.59 Å². The second-order valence-corrected chi connectivity index (χ2v) is 5.19. The molecule has 0 amide bonds. The number of carboxylic acids is 1. The van der Waals surface area contributed by atoms with Crippen LogP contribution in [0.25, 0.3) is 0 Å². The van der Waals surface area contributed by atoms with Crippen LogP contribution in [-0.4, -0.2) is 20.9 Å². The molecular weight excluding hydrogens is 323 g/mol. The van der Waals surface area contributed by atoms with E-state index in [0.717, 1.165) is 4.68 Å². The molecule has 1 atom stereocenters. The highest BCUT2D eigenvalue weighted by molar-refractivity contribution is 14.1. The number of aromatic nitrogens is 2. The van der Waals surface area contributed by atoms with Gasteiger partial charge in [0.1, 0.15) is 0 Å². The maximum atomic E-state index is 11.6. The Hall–Kier alpha value is -0.920. The van der Waals surface area contributed by atoms with Crippen LogP contribution in [0.2, 0.25) is 0 Å². The smallest absolute Gasteiger partial charge is 0.328 e. The Morgan fingerprint density at radius 3 is 2.69 bits per heavy atom. The molecule has 16 heavy (non-hydrogen) atoms. The van der Waals surface area contributed by atoms with E-state index < -0.39 is 12.0 Å². The lowest BCUT2D eigenvalue weighted by Gasteiger charge is -2.15. The van der Waals surface area contributed by atoms with Crippen LogP contribution in [0.4, 0.5) is 0 Å². The Balaban J connectivity index is 3.11. The molecule has 6 heteroatoms. The summed E-state index contributed by atoms with van der Waals surface area (Å²) in [7, 11) is 0. The molecule has 0 aliphatic rings. The molecular formula is C10H13IN2O3. The Bertz CT molecular complexity index is 442. The van der Waals surface area contributed by atoms with Gasteiger partial charge in [0.05, 0.1) is 6.20 Å². The minimum Gasteiger partial charge on any atom is -0.480 e. The molecule has 1 N–H and O–H groups in total. The van der Waals surface area contributed by atoms with Crippen molar-refractivity contribution in [3.8, 4) is 0 Å². The van der Waals surface area contributed by atoms with Crippen molar-refractivity contribution in [1.82, 2.24) is 9.78 Å². The van der Waals surface area contributed by atoms with Crippen LogP contribution in [0.1, 0.15) is 26.3 Å². The summed E-state index contributed by atoms with van der Waals surface area (Å²) in [5.41, 5.74) is -0.375. The zero-order valence-electron chi connectivity index (χ0n) is 9.05. The number of halogens is 1. The van der Waals surface area contributed by atoms with Crippen molar-refractivity contribution in [2.45, 2.75) is 26.3 Å². The first-order chi connectivity index (χ1) is 7.41. The third-order valence-corrected chi connectivity index (χ3v) is 2.66. The molecule has 1 unspecified atom stereocenters. The van der Waals surface area contributed by atoms with E-state index in [-0.39, 0.29) is 11.5 Å². The van der Waals surface area contributed by atoms with E-state index in [2.05, 4.69) is 5.10 Å². The summed E-state index contributed by atoms with van der Waals surface area (Å²) < 4.78 is 1.73. The summed E-state index contributed by atoms with van der Waals surface area (Å²) in [6.45, 7) is 3.82. The molecule has 0 saturated heterocycles. The normalized spacial score (nSPS) is 12.8. The summed E-state index contributed by atoms with van der Waals surface area (Å²) in [6.07, 6.45) is 1.88. The number of carboxylic acid groups (broad SMARTS) is 1. The molecule has 1 aromatic rings. The lowest BCUT2D eigenvalue weighted by atomic mass is 10.0. The molecule has 0 saturated carbocycles. The summed E-state index contributed by atoms with van der Waals surface area (Å²) in [5, 5.41) is 12.9. The van der Waals surface area contributed by atoms with Gasteiger partial charge in [0.2, 0.25) is 0 Å². The van der Waals surface area contributed by atoms with Gasteiger partial charge in [-0.3, -0.25) is 4.79 Å². The fourth-order valence-corrected chi connectivity index (χ4v) is 1.77. The summed E-state index contributed by atoms with van der Waals surface area (Å²) >= 11 is 1.97. The van der Waals surface area contributed by atoms with Gasteiger partial charge >= 0.3 is 5.97 Å². The molecule has 1 rings (SSSR count). The van der Waals surface area contributed by atoms with E-state index >= 15 is 0 Å². The lowest BCUT2D eigenvalue weighted by Crippen LogP contribution is -2.32. The molecule has 0 aromatic carbocycles. The lowest BCUT2D eigenvalue weighted by molar-refractivity contribution is -0.141. The van der Waals surface area contributed by atoms with Crippen LogP contribution in [0.3, 0.4) is 0 Å². The predicted octanol–water partition coefficient (Wildman–Crippen LogP) is 1.52. The van der Waals surface area contributed by atoms with Crippen molar-refractivity contribution in [3.05, 3.63) is 26.2 Å². The third kappa shape index (κ3) is 3.29. The fraction of sp³-hybridized carbons (Fsp3) is 0.500. The average Bonchev–Trinajstić information content (AvgIpc) is 2.14. The quantitative estimate of drug-likeness (QED) is 0.847. The van der Waals surface area contributed by atoms with Crippen LogP contribution in [0.15, 0.2) is 17.1 Å². The van der Waals surface area contributed by atoms with Crippen LogP contribution < -0.4 is 5.56 Å². The monoisotopic (exact) mass is 336 g/mol. The third-order valence-electron chi connectivity index (χ3n) is 2.07. The molecule has 0 bridgehead atoms. The highest BCUT2D eigenvalue weighted by Gasteiger charge is 2.22. The van der Waals surface area contributed by atoms with Gasteiger partial charge in [0, 0.05) is 9.64 Å². The predicted molar refractivity (Wildman–Crippen MR) is 67.3 cm³/mol. The van der Waals surface area contributed by atoms with E-state index in [4.69, 9.17) is 5.11 Å². The van der Waals surface area contributed by atoms with Crippen molar-refractivity contribution < 1.29 is 9.90 Å². The van der Waals surface area contributed by atoms with Crippen molar-refractivity contribution >= 4 is 28.6 Å². The summed E-state index contributed by atoms with van der Waals surface area (Å²) in [5.74, 6) is -0.835. The summed E-state index contributed by atoms with van der Waals surface area (Å²) in [6, 6.07) is 0.494. The van der Waals surface area contributed by atoms with Gasteiger partial charge in [-0.1, -0.05) is 13.8 Å². The number of rotatable bonds is 4. The van der Waals surface area contributed by atoms with E-state index in [1.807, 2.05) is 36.4 Å². The molecule has 5 nitrogen and oxygen atoms in total. The maximum Gasteiger partial charge on any atom is 0.328 e. The zero-order chi connectivity index (χ0) is 12.3. The molecule has 0 spiro atoms. The van der Waals surface area contributed by atoms with Crippen LogP contribution in [0.5, 0.6) is 0 Å². The number of nitrogens with zero attached hydrogens (tertiary/aromatic N) is 2. The Kier molecular flexibility index (Phi) is 4.45. The van der Waals surface area contributed by atoms with Gasteiger partial charge in [-0.25, -0.2) is 9.48 Å². The number of hydrogen-bond acceptors (Lipinski definition) is 3. The second-order valence-electron chi connectivity index (χ2n) is 3.94. The number of carbonyl (C=O) groups is 1. The maximum absolute atomic E-state index is 11.6. The Morgan fingerprint density at radius 1 is 1.62 bits per heavy atom. The van der Waals surface area contributed by atoms with Crippen molar-refractivity contribution in [3.63, 3.8) is 0 Å². The highest BCUT2D eigenvalue weighted by atomic mass is 127.